The fourth-order valence-electron chi connectivity index (χ4n) is 2.77. The lowest BCUT2D eigenvalue weighted by atomic mass is 10.1. The molecule has 0 aliphatic rings. The number of nitrogens with zero attached hydrogens (tertiary/aromatic N) is 2. The van der Waals surface area contributed by atoms with Crippen molar-refractivity contribution >= 4 is 19.9 Å². The normalized spacial score (nSPS) is 11.1. The van der Waals surface area contributed by atoms with Crippen LogP contribution in [0.1, 0.15) is 33.4 Å². The molecule has 0 radical (unpaired) electrons. The quantitative estimate of drug-likeness (QED) is 0.550. The van der Waals surface area contributed by atoms with E-state index in [9.17, 15) is 0 Å². The third-order valence-corrected chi connectivity index (χ3v) is 4.14. The third-order valence-electron chi connectivity index (χ3n) is 3.56. The lowest BCUT2D eigenvalue weighted by molar-refractivity contribution is 1.30. The first-order chi connectivity index (χ1) is 9.88. The van der Waals surface area contributed by atoms with Gasteiger partial charge in [-0.25, -0.2) is 0 Å². The van der Waals surface area contributed by atoms with Crippen LogP contribution in [0.5, 0.6) is 0 Å². The van der Waals surface area contributed by atoms with Crippen molar-refractivity contribution in [1.82, 2.24) is 0 Å². The minimum atomic E-state index is 0.747. The van der Waals surface area contributed by atoms with Gasteiger partial charge in [-0.1, -0.05) is 55.0 Å². The summed E-state index contributed by atoms with van der Waals surface area (Å²) in [4.78, 5) is 0. The van der Waals surface area contributed by atoms with E-state index in [0.29, 0.717) is 0 Å². The van der Waals surface area contributed by atoms with Gasteiger partial charge in [0.2, 0.25) is 0 Å². The molecule has 0 spiro atoms. The highest BCUT2D eigenvalue weighted by Crippen LogP contribution is 2.38. The molecule has 110 valence electrons. The van der Waals surface area contributed by atoms with Crippen LogP contribution in [0.15, 0.2) is 29.0 Å². The summed E-state index contributed by atoms with van der Waals surface area (Å²) < 4.78 is 4.65. The topological polar surface area (TPSA) is 26.5 Å². The molecule has 2 nitrogen and oxygen atoms in total. The standard InChI is InChI=1S/C18H22N2P/c1-11-7-13(3)17(14(4)8-11)19-21-20-18-15(5)9-12(2)10-16(18)6/h7-10H,1-6H3/q-1. The molecule has 0 unspecified atom stereocenters. The van der Waals surface area contributed by atoms with Crippen molar-refractivity contribution in [1.29, 1.82) is 0 Å². The maximum Gasteiger partial charge on any atom is 0.0716 e. The molecule has 0 amide bonds. The monoisotopic (exact) mass is 297 g/mol. The molecule has 0 fully saturated rings. The van der Waals surface area contributed by atoms with Gasteiger partial charge in [0.15, 0.2) is 0 Å². The van der Waals surface area contributed by atoms with E-state index in [4.69, 9.17) is 0 Å². The SMILES string of the molecule is Cc1cc(C)c(N=P[N-]c2c(C)cc(C)cc2C)c(C)c1. The maximum absolute atomic E-state index is 4.65. The van der Waals surface area contributed by atoms with Crippen LogP contribution in [0.3, 0.4) is 0 Å². The molecule has 0 heterocycles. The second-order valence-electron chi connectivity index (χ2n) is 5.78. The molecule has 0 N–H and O–H groups in total. The molecule has 0 saturated heterocycles. The van der Waals surface area contributed by atoms with E-state index in [-0.39, 0.29) is 0 Å². The summed E-state index contributed by atoms with van der Waals surface area (Å²) in [6, 6.07) is 8.68. The molecule has 0 aliphatic carbocycles. The molecule has 0 atom stereocenters. The van der Waals surface area contributed by atoms with Gasteiger partial charge in [0.25, 0.3) is 0 Å². The Morgan fingerprint density at radius 3 is 1.62 bits per heavy atom. The average molecular weight is 297 g/mol. The average Bonchev–Trinajstić information content (AvgIpc) is 2.34. The first-order valence-electron chi connectivity index (χ1n) is 7.16. The second kappa shape index (κ2) is 6.41. The maximum atomic E-state index is 4.65. The number of aryl methyl sites for hydroxylation is 6. The number of rotatable bonds is 3. The third kappa shape index (κ3) is 3.71. The lowest BCUT2D eigenvalue weighted by Gasteiger charge is -2.22. The number of hydrogen-bond donors (Lipinski definition) is 0. The van der Waals surface area contributed by atoms with Crippen LogP contribution in [0.4, 0.5) is 11.4 Å². The summed E-state index contributed by atoms with van der Waals surface area (Å²) in [5.74, 6) is 0. The highest BCUT2D eigenvalue weighted by atomic mass is 31.1. The van der Waals surface area contributed by atoms with Crippen LogP contribution < -0.4 is 0 Å². The second-order valence-corrected chi connectivity index (χ2v) is 6.36. The van der Waals surface area contributed by atoms with Crippen LogP contribution in [0.2, 0.25) is 0 Å². The zero-order valence-electron chi connectivity index (χ0n) is 13.7. The van der Waals surface area contributed by atoms with Gasteiger partial charge >= 0.3 is 0 Å². The molecule has 0 aromatic heterocycles. The summed E-state index contributed by atoms with van der Waals surface area (Å²) in [6.07, 6.45) is 0. The van der Waals surface area contributed by atoms with Crippen molar-refractivity contribution in [2.24, 2.45) is 4.74 Å². The summed E-state index contributed by atoms with van der Waals surface area (Å²) in [5.41, 5.74) is 9.55. The number of hydrogen-bond acceptors (Lipinski definition) is 1. The molecular formula is C18H22N2P-. The van der Waals surface area contributed by atoms with Crippen LogP contribution >= 0.6 is 8.52 Å². The summed E-state index contributed by atoms with van der Waals surface area (Å²) in [5, 5.41) is 4.65. The van der Waals surface area contributed by atoms with Crippen molar-refractivity contribution in [2.45, 2.75) is 41.5 Å². The Labute approximate surface area is 129 Å². The Bertz CT molecular complexity index is 656. The van der Waals surface area contributed by atoms with E-state index in [1.807, 2.05) is 0 Å². The van der Waals surface area contributed by atoms with Crippen molar-refractivity contribution in [3.05, 3.63) is 62.7 Å². The summed E-state index contributed by atoms with van der Waals surface area (Å²) in [7, 11) is 0.747. The van der Waals surface area contributed by atoms with Crippen molar-refractivity contribution in [3.8, 4) is 0 Å². The first kappa shape index (κ1) is 15.7. The predicted octanol–water partition coefficient (Wildman–Crippen LogP) is 6.92. The summed E-state index contributed by atoms with van der Waals surface area (Å²) in [6.45, 7) is 12.7. The molecule has 2 aromatic rings. The largest absolute Gasteiger partial charge is 0.620 e. The van der Waals surface area contributed by atoms with E-state index in [1.165, 1.54) is 33.4 Å². The van der Waals surface area contributed by atoms with E-state index in [0.717, 1.165) is 19.9 Å². The Morgan fingerprint density at radius 1 is 0.714 bits per heavy atom. The molecule has 3 heteroatoms. The van der Waals surface area contributed by atoms with Crippen molar-refractivity contribution in [3.63, 3.8) is 0 Å². The Hall–Kier alpha value is -1.66. The molecular weight excluding hydrogens is 275 g/mol. The molecule has 2 rings (SSSR count). The zero-order chi connectivity index (χ0) is 15.6. The van der Waals surface area contributed by atoms with Gasteiger partial charge in [-0.15, -0.1) is 5.69 Å². The first-order valence-corrected chi connectivity index (χ1v) is 7.96. The van der Waals surface area contributed by atoms with Crippen LogP contribution in [-0.4, -0.2) is 0 Å². The van der Waals surface area contributed by atoms with E-state index in [2.05, 4.69) is 75.6 Å². The van der Waals surface area contributed by atoms with Crippen LogP contribution in [0.25, 0.3) is 5.09 Å². The van der Waals surface area contributed by atoms with Crippen molar-refractivity contribution in [2.75, 3.05) is 0 Å². The van der Waals surface area contributed by atoms with Gasteiger partial charge < -0.3 is 5.09 Å². The van der Waals surface area contributed by atoms with Gasteiger partial charge in [0, 0.05) is 0 Å². The van der Waals surface area contributed by atoms with Gasteiger partial charge in [-0.3, -0.25) is 4.74 Å². The molecule has 21 heavy (non-hydrogen) atoms. The minimum Gasteiger partial charge on any atom is -0.620 e. The fraction of sp³-hybridized carbons (Fsp3) is 0.333. The van der Waals surface area contributed by atoms with Gasteiger partial charge in [0.1, 0.15) is 0 Å². The van der Waals surface area contributed by atoms with Gasteiger partial charge in [0.05, 0.1) is 5.69 Å². The van der Waals surface area contributed by atoms with Crippen molar-refractivity contribution < 1.29 is 0 Å². The van der Waals surface area contributed by atoms with Gasteiger partial charge in [-0.2, -0.15) is 0 Å². The molecule has 2 aromatic carbocycles. The smallest absolute Gasteiger partial charge is 0.0716 e. The Morgan fingerprint density at radius 2 is 1.14 bits per heavy atom. The Kier molecular flexibility index (Phi) is 4.80. The fourth-order valence-corrected chi connectivity index (χ4v) is 3.63. The summed E-state index contributed by atoms with van der Waals surface area (Å²) >= 11 is 0. The minimum absolute atomic E-state index is 0.747. The predicted molar refractivity (Wildman–Crippen MR) is 93.3 cm³/mol. The van der Waals surface area contributed by atoms with Gasteiger partial charge in [-0.05, 0) is 52.7 Å². The Balaban J connectivity index is 2.25. The lowest BCUT2D eigenvalue weighted by Crippen LogP contribution is -1.83. The molecule has 0 saturated carbocycles. The molecule has 0 bridgehead atoms. The zero-order valence-corrected chi connectivity index (χ0v) is 14.5. The highest BCUT2D eigenvalue weighted by molar-refractivity contribution is 7.31. The van der Waals surface area contributed by atoms with Crippen LogP contribution in [0, 0.1) is 41.5 Å². The molecule has 0 aliphatic heterocycles. The van der Waals surface area contributed by atoms with E-state index in [1.54, 1.807) is 0 Å². The van der Waals surface area contributed by atoms with E-state index >= 15 is 0 Å². The number of benzene rings is 2. The van der Waals surface area contributed by atoms with E-state index < -0.39 is 0 Å². The highest BCUT2D eigenvalue weighted by Gasteiger charge is 2.00. The van der Waals surface area contributed by atoms with Crippen LogP contribution in [-0.2, 0) is 0 Å².